The van der Waals surface area contributed by atoms with Crippen LogP contribution < -0.4 is 28.7 Å². The van der Waals surface area contributed by atoms with Crippen LogP contribution in [-0.2, 0) is 4.79 Å². The monoisotopic (exact) mass is 183 g/mol. The Labute approximate surface area is 93.3 Å². The Hall–Kier alpha value is -1.42. The number of hydrogen-bond donors (Lipinski definition) is 0. The zero-order valence-corrected chi connectivity index (χ0v) is 7.69. The van der Waals surface area contributed by atoms with E-state index in [1.807, 2.05) is 6.07 Å². The molecule has 0 aliphatic heterocycles. The van der Waals surface area contributed by atoms with Crippen LogP contribution in [-0.4, -0.2) is 12.6 Å². The van der Waals surface area contributed by atoms with Gasteiger partial charge in [0, 0.05) is 0 Å². The smallest absolute Gasteiger partial charge is 0.546 e. The van der Waals surface area contributed by atoms with E-state index in [4.69, 9.17) is 10.00 Å². The van der Waals surface area contributed by atoms with Crippen LogP contribution in [0.5, 0.6) is 5.75 Å². The Kier molecular flexibility index (Phi) is 5.48. The molecule has 0 aliphatic rings. The first-order valence-electron chi connectivity index (χ1n) is 3.55. The molecule has 0 unspecified atom stereocenters. The van der Waals surface area contributed by atoms with Crippen molar-refractivity contribution in [3.05, 3.63) is 29.8 Å². The van der Waals surface area contributed by atoms with Crippen LogP contribution >= 0.6 is 0 Å². The van der Waals surface area contributed by atoms with E-state index < -0.39 is 12.6 Å². The Morgan fingerprint density at radius 3 is 2.43 bits per heavy atom. The molecule has 4 nitrogen and oxygen atoms in total. The molecule has 66 valence electrons. The summed E-state index contributed by atoms with van der Waals surface area (Å²) in [6, 6.07) is 8.09. The van der Waals surface area contributed by atoms with Gasteiger partial charge in [-0.25, -0.2) is 0 Å². The number of nitriles is 1. The van der Waals surface area contributed by atoms with Gasteiger partial charge in [0.05, 0.1) is 17.6 Å². The fourth-order valence-electron chi connectivity index (χ4n) is 0.768. The Morgan fingerprint density at radius 1 is 1.43 bits per heavy atom. The van der Waals surface area contributed by atoms with E-state index in [-0.39, 0.29) is 18.9 Å². The van der Waals surface area contributed by atoms with Crippen molar-refractivity contribution in [1.82, 2.24) is 0 Å². The molecule has 0 heterocycles. The van der Waals surface area contributed by atoms with Gasteiger partial charge < -0.3 is 14.6 Å². The normalized spacial score (nSPS) is 8.21. The number of carboxylic acids is 1. The van der Waals surface area contributed by atoms with Crippen molar-refractivity contribution in [1.29, 1.82) is 5.26 Å². The third kappa shape index (κ3) is 4.00. The second-order valence-electron chi connectivity index (χ2n) is 2.30. The van der Waals surface area contributed by atoms with E-state index in [0.29, 0.717) is 11.3 Å². The number of carbonyl (C=O) groups is 1. The molecule has 0 N–H and O–H groups in total. The fourth-order valence-corrected chi connectivity index (χ4v) is 0.768. The maximum atomic E-state index is 10.0. The molecule has 0 saturated heterocycles. The Bertz CT molecular complexity index is 342. The first-order chi connectivity index (χ1) is 6.22. The molecule has 0 aliphatic carbocycles. The van der Waals surface area contributed by atoms with Crippen LogP contribution in [0.2, 0.25) is 0 Å². The average molecular weight is 183 g/mol. The number of nitrogens with zero attached hydrogens (tertiary/aromatic N) is 1. The van der Waals surface area contributed by atoms with Gasteiger partial charge in [0.15, 0.2) is 0 Å². The Morgan fingerprint density at radius 2 is 2.00 bits per heavy atom. The molecule has 1 rings (SSSR count). The summed E-state index contributed by atoms with van der Waals surface area (Å²) in [6.07, 6.45) is 0. The molecular weight excluding hydrogens is 177 g/mol. The summed E-state index contributed by atoms with van der Waals surface area (Å²) in [4.78, 5) is 10.0. The maximum absolute atomic E-state index is 10.0. The standard InChI is InChI=1S/C9H7NO3.Li/c10-5-7-1-3-8(4-2-7)13-6-9(11)12;/h1-4H,6H2,(H,11,12);/q;+1/p-1. The Balaban J connectivity index is 0.00000169. The van der Waals surface area contributed by atoms with Gasteiger partial charge in [0.1, 0.15) is 12.4 Å². The van der Waals surface area contributed by atoms with Crippen LogP contribution in [0.1, 0.15) is 5.56 Å². The number of carboxylic acid groups (broad SMARTS) is 1. The number of aliphatic carboxylic acids is 1. The van der Waals surface area contributed by atoms with Gasteiger partial charge in [-0.3, -0.25) is 0 Å². The van der Waals surface area contributed by atoms with E-state index >= 15 is 0 Å². The summed E-state index contributed by atoms with van der Waals surface area (Å²) in [7, 11) is 0. The summed E-state index contributed by atoms with van der Waals surface area (Å²) < 4.78 is 4.80. The number of rotatable bonds is 3. The number of benzene rings is 1. The SMILES string of the molecule is N#Cc1ccc(OCC(=O)[O-])cc1.[Li+]. The molecular formula is C9H6LiNO3. The zero-order chi connectivity index (χ0) is 9.68. The van der Waals surface area contributed by atoms with Crippen LogP contribution in [0.15, 0.2) is 24.3 Å². The quantitative estimate of drug-likeness (QED) is 0.460. The van der Waals surface area contributed by atoms with E-state index in [1.54, 1.807) is 12.1 Å². The fraction of sp³-hybridized carbons (Fsp3) is 0.111. The van der Waals surface area contributed by atoms with Gasteiger partial charge in [0.2, 0.25) is 0 Å². The number of ether oxygens (including phenoxy) is 1. The molecule has 1 aromatic rings. The van der Waals surface area contributed by atoms with Gasteiger partial charge in [-0.15, -0.1) is 0 Å². The molecule has 0 radical (unpaired) electrons. The van der Waals surface area contributed by atoms with Crippen molar-refractivity contribution in [3.8, 4) is 11.8 Å². The molecule has 0 aromatic heterocycles. The minimum atomic E-state index is -1.27. The van der Waals surface area contributed by atoms with Gasteiger partial charge in [0.25, 0.3) is 0 Å². The number of hydrogen-bond acceptors (Lipinski definition) is 4. The molecule has 0 spiro atoms. The molecule has 0 saturated carbocycles. The molecule has 0 atom stereocenters. The van der Waals surface area contributed by atoms with Gasteiger partial charge >= 0.3 is 18.9 Å². The van der Waals surface area contributed by atoms with E-state index in [0.717, 1.165) is 0 Å². The zero-order valence-electron chi connectivity index (χ0n) is 7.69. The van der Waals surface area contributed by atoms with Gasteiger partial charge in [-0.2, -0.15) is 5.26 Å². The molecule has 5 heteroatoms. The van der Waals surface area contributed by atoms with Crippen molar-refractivity contribution in [2.24, 2.45) is 0 Å². The predicted molar refractivity (Wildman–Crippen MR) is 41.7 cm³/mol. The van der Waals surface area contributed by atoms with E-state index in [1.165, 1.54) is 12.1 Å². The van der Waals surface area contributed by atoms with Crippen molar-refractivity contribution in [2.45, 2.75) is 0 Å². The van der Waals surface area contributed by atoms with Crippen molar-refractivity contribution >= 4 is 5.97 Å². The largest absolute Gasteiger partial charge is 1.00 e. The minimum Gasteiger partial charge on any atom is -0.546 e. The summed E-state index contributed by atoms with van der Waals surface area (Å²) in [6.45, 7) is -0.480. The topological polar surface area (TPSA) is 73.1 Å². The summed E-state index contributed by atoms with van der Waals surface area (Å²) >= 11 is 0. The third-order valence-electron chi connectivity index (χ3n) is 1.34. The first kappa shape index (κ1) is 12.6. The second-order valence-corrected chi connectivity index (χ2v) is 2.30. The van der Waals surface area contributed by atoms with Crippen LogP contribution in [0.4, 0.5) is 0 Å². The maximum Gasteiger partial charge on any atom is 1.00 e. The summed E-state index contributed by atoms with van der Waals surface area (Å²) in [5.74, 6) is -0.868. The summed E-state index contributed by atoms with van der Waals surface area (Å²) in [5.41, 5.74) is 0.501. The summed E-state index contributed by atoms with van der Waals surface area (Å²) in [5, 5.41) is 18.5. The van der Waals surface area contributed by atoms with Gasteiger partial charge in [-0.1, -0.05) is 0 Å². The van der Waals surface area contributed by atoms with E-state index in [9.17, 15) is 9.90 Å². The van der Waals surface area contributed by atoms with Crippen molar-refractivity contribution in [3.63, 3.8) is 0 Å². The minimum absolute atomic E-state index is 0. The number of carbonyl (C=O) groups excluding carboxylic acids is 1. The van der Waals surface area contributed by atoms with E-state index in [2.05, 4.69) is 0 Å². The van der Waals surface area contributed by atoms with Crippen LogP contribution in [0, 0.1) is 11.3 Å². The van der Waals surface area contributed by atoms with Gasteiger partial charge in [-0.05, 0) is 24.3 Å². The average Bonchev–Trinajstić information content (AvgIpc) is 2.15. The van der Waals surface area contributed by atoms with Crippen molar-refractivity contribution in [2.75, 3.05) is 6.61 Å². The second kappa shape index (κ2) is 6.10. The molecule has 0 fully saturated rings. The van der Waals surface area contributed by atoms with Crippen molar-refractivity contribution < 1.29 is 33.5 Å². The first-order valence-corrected chi connectivity index (χ1v) is 3.55. The van der Waals surface area contributed by atoms with Crippen LogP contribution in [0.3, 0.4) is 0 Å². The van der Waals surface area contributed by atoms with Crippen LogP contribution in [0.25, 0.3) is 0 Å². The molecule has 0 bridgehead atoms. The molecule has 1 aromatic carbocycles. The predicted octanol–water partition coefficient (Wildman–Crippen LogP) is -3.31. The molecule has 0 amide bonds. The molecule has 14 heavy (non-hydrogen) atoms. The third-order valence-corrected chi connectivity index (χ3v) is 1.34.